The molecule has 0 aliphatic carbocycles. The van der Waals surface area contributed by atoms with E-state index < -0.39 is 0 Å². The second kappa shape index (κ2) is 5.05. The minimum absolute atomic E-state index is 0.0283. The molecule has 3 rings (SSSR count). The van der Waals surface area contributed by atoms with E-state index in [0.29, 0.717) is 0 Å². The summed E-state index contributed by atoms with van der Waals surface area (Å²) in [4.78, 5) is 14.2. The first-order valence-electron chi connectivity index (χ1n) is 6.60. The van der Waals surface area contributed by atoms with Crippen molar-refractivity contribution in [3.05, 3.63) is 36.1 Å². The number of benzene rings is 1. The number of fused-ring (bicyclic) bond motifs is 1. The molecule has 0 unspecified atom stereocenters. The topological polar surface area (TPSA) is 42.7 Å². The van der Waals surface area contributed by atoms with Crippen LogP contribution in [0, 0.1) is 0 Å². The smallest absolute Gasteiger partial charge is 0.374 e. The molecule has 2 aromatic rings. The molecule has 4 nitrogen and oxygen atoms in total. The van der Waals surface area contributed by atoms with Crippen LogP contribution >= 0.6 is 0 Å². The van der Waals surface area contributed by atoms with Crippen LogP contribution in [0.5, 0.6) is 0 Å². The summed E-state index contributed by atoms with van der Waals surface area (Å²) in [6, 6.07) is 9.31. The molecule has 0 amide bonds. The largest absolute Gasteiger partial charge is 0.455 e. The highest BCUT2D eigenvalue weighted by molar-refractivity contribution is 5.92. The van der Waals surface area contributed by atoms with E-state index in [1.807, 2.05) is 31.3 Å². The van der Waals surface area contributed by atoms with E-state index in [2.05, 4.69) is 4.90 Å². The number of furan rings is 1. The summed E-state index contributed by atoms with van der Waals surface area (Å²) < 4.78 is 11.0. The maximum absolute atomic E-state index is 12.1. The minimum atomic E-state index is -0.364. The molecule has 1 aromatic heterocycles. The highest BCUT2D eigenvalue weighted by atomic mass is 16.6. The molecule has 1 aliphatic heterocycles. The normalized spacial score (nSPS) is 20.6. The molecule has 0 N–H and O–H groups in total. The fourth-order valence-corrected chi connectivity index (χ4v) is 2.51. The van der Waals surface area contributed by atoms with Crippen molar-refractivity contribution in [2.75, 3.05) is 20.1 Å². The summed E-state index contributed by atoms with van der Waals surface area (Å²) in [5, 5.41) is 0.926. The third-order valence-electron chi connectivity index (χ3n) is 3.48. The molecule has 1 aromatic carbocycles. The first-order valence-corrected chi connectivity index (χ1v) is 6.60. The summed E-state index contributed by atoms with van der Waals surface area (Å²) >= 11 is 0. The van der Waals surface area contributed by atoms with Gasteiger partial charge >= 0.3 is 5.97 Å². The van der Waals surface area contributed by atoms with E-state index in [1.165, 1.54) is 0 Å². The van der Waals surface area contributed by atoms with Crippen molar-refractivity contribution in [3.8, 4) is 0 Å². The van der Waals surface area contributed by atoms with Crippen LogP contribution in [0.25, 0.3) is 11.0 Å². The number of carbonyl (C=O) groups is 1. The van der Waals surface area contributed by atoms with Crippen LogP contribution in [0.3, 0.4) is 0 Å². The maximum atomic E-state index is 12.1. The van der Waals surface area contributed by atoms with Crippen LogP contribution < -0.4 is 0 Å². The maximum Gasteiger partial charge on any atom is 0.374 e. The number of hydrogen-bond donors (Lipinski definition) is 0. The Morgan fingerprint density at radius 3 is 3.05 bits per heavy atom. The summed E-state index contributed by atoms with van der Waals surface area (Å²) in [5.41, 5.74) is 0.718. The SMILES string of the molecule is CN1CCC[C@H](OC(=O)c2cc3ccccc3o2)C1. The minimum Gasteiger partial charge on any atom is -0.455 e. The van der Waals surface area contributed by atoms with Crippen LogP contribution in [-0.4, -0.2) is 37.1 Å². The summed E-state index contributed by atoms with van der Waals surface area (Å²) in [5.74, 6) is -0.0778. The molecule has 0 saturated carbocycles. The van der Waals surface area contributed by atoms with Gasteiger partial charge in [-0.15, -0.1) is 0 Å². The lowest BCUT2D eigenvalue weighted by atomic mass is 10.1. The van der Waals surface area contributed by atoms with Gasteiger partial charge in [-0.05, 0) is 38.6 Å². The molecule has 4 heteroatoms. The molecule has 2 heterocycles. The third-order valence-corrected chi connectivity index (χ3v) is 3.48. The van der Waals surface area contributed by atoms with Crippen molar-refractivity contribution >= 4 is 16.9 Å². The Bertz CT molecular complexity index is 557. The van der Waals surface area contributed by atoms with Crippen LogP contribution in [0.15, 0.2) is 34.7 Å². The van der Waals surface area contributed by atoms with Gasteiger partial charge in [0.25, 0.3) is 0 Å². The fourth-order valence-electron chi connectivity index (χ4n) is 2.51. The van der Waals surface area contributed by atoms with Crippen molar-refractivity contribution in [3.63, 3.8) is 0 Å². The van der Waals surface area contributed by atoms with Gasteiger partial charge in [0.15, 0.2) is 0 Å². The monoisotopic (exact) mass is 259 g/mol. The molecular weight excluding hydrogens is 242 g/mol. The number of para-hydroxylation sites is 1. The molecule has 0 spiro atoms. The van der Waals surface area contributed by atoms with Crippen molar-refractivity contribution in [2.45, 2.75) is 18.9 Å². The third kappa shape index (κ3) is 2.63. The van der Waals surface area contributed by atoms with Crippen LogP contribution in [0.1, 0.15) is 23.4 Å². The van der Waals surface area contributed by atoms with E-state index in [-0.39, 0.29) is 17.8 Å². The standard InChI is InChI=1S/C15H17NO3/c1-16-8-4-6-12(10-16)18-15(17)14-9-11-5-2-3-7-13(11)19-14/h2-3,5,7,9,12H,4,6,8,10H2,1H3/t12-/m0/s1. The van der Waals surface area contributed by atoms with Gasteiger partial charge in [-0.1, -0.05) is 18.2 Å². The Balaban J connectivity index is 1.72. The van der Waals surface area contributed by atoms with Crippen molar-refractivity contribution in [1.82, 2.24) is 4.90 Å². The first-order chi connectivity index (χ1) is 9.22. The van der Waals surface area contributed by atoms with Gasteiger partial charge in [0, 0.05) is 11.9 Å². The highest BCUT2D eigenvalue weighted by Crippen LogP contribution is 2.21. The van der Waals surface area contributed by atoms with Crippen molar-refractivity contribution < 1.29 is 13.9 Å². The number of likely N-dealkylation sites (tertiary alicyclic amines) is 1. The van der Waals surface area contributed by atoms with Gasteiger partial charge in [-0.3, -0.25) is 0 Å². The number of hydrogen-bond acceptors (Lipinski definition) is 4. The molecule has 0 bridgehead atoms. The summed E-state index contributed by atoms with van der Waals surface area (Å²) in [6.45, 7) is 1.87. The average Bonchev–Trinajstić information content (AvgIpc) is 2.82. The molecular formula is C15H17NO3. The van der Waals surface area contributed by atoms with Crippen LogP contribution in [-0.2, 0) is 4.74 Å². The lowest BCUT2D eigenvalue weighted by Gasteiger charge is -2.28. The van der Waals surface area contributed by atoms with E-state index in [4.69, 9.17) is 9.15 Å². The Morgan fingerprint density at radius 1 is 1.42 bits per heavy atom. The molecule has 0 radical (unpaired) electrons. The molecule has 100 valence electrons. The number of likely N-dealkylation sites (N-methyl/N-ethyl adjacent to an activating group) is 1. The fraction of sp³-hybridized carbons (Fsp3) is 0.400. The lowest BCUT2D eigenvalue weighted by molar-refractivity contribution is 0.00797. The van der Waals surface area contributed by atoms with E-state index in [1.54, 1.807) is 6.07 Å². The number of nitrogens with zero attached hydrogens (tertiary/aromatic N) is 1. The van der Waals surface area contributed by atoms with Gasteiger partial charge in [0.2, 0.25) is 5.76 Å². The second-order valence-corrected chi connectivity index (χ2v) is 5.08. The lowest BCUT2D eigenvalue weighted by Crippen LogP contribution is -2.38. The Morgan fingerprint density at radius 2 is 2.26 bits per heavy atom. The van der Waals surface area contributed by atoms with Gasteiger partial charge in [-0.2, -0.15) is 0 Å². The second-order valence-electron chi connectivity index (χ2n) is 5.08. The van der Waals surface area contributed by atoms with Gasteiger partial charge in [0.1, 0.15) is 11.7 Å². The van der Waals surface area contributed by atoms with E-state index >= 15 is 0 Å². The predicted molar refractivity (Wildman–Crippen MR) is 72.1 cm³/mol. The number of piperidine rings is 1. The molecule has 19 heavy (non-hydrogen) atoms. The Hall–Kier alpha value is -1.81. The molecule has 1 saturated heterocycles. The van der Waals surface area contributed by atoms with Gasteiger partial charge < -0.3 is 14.1 Å². The Labute approximate surface area is 111 Å². The Kier molecular flexibility index (Phi) is 3.25. The molecule has 1 aliphatic rings. The van der Waals surface area contributed by atoms with Crippen LogP contribution in [0.4, 0.5) is 0 Å². The van der Waals surface area contributed by atoms with Crippen molar-refractivity contribution in [2.24, 2.45) is 0 Å². The zero-order chi connectivity index (χ0) is 13.2. The van der Waals surface area contributed by atoms with Crippen molar-refractivity contribution in [1.29, 1.82) is 0 Å². The first kappa shape index (κ1) is 12.2. The molecule has 1 fully saturated rings. The van der Waals surface area contributed by atoms with Crippen LogP contribution in [0.2, 0.25) is 0 Å². The number of rotatable bonds is 2. The predicted octanol–water partition coefficient (Wildman–Crippen LogP) is 2.68. The van der Waals surface area contributed by atoms with Gasteiger partial charge in [-0.25, -0.2) is 4.79 Å². The van der Waals surface area contributed by atoms with Gasteiger partial charge in [0.05, 0.1) is 0 Å². The number of carbonyl (C=O) groups excluding carboxylic acids is 1. The summed E-state index contributed by atoms with van der Waals surface area (Å²) in [7, 11) is 2.04. The highest BCUT2D eigenvalue weighted by Gasteiger charge is 2.23. The average molecular weight is 259 g/mol. The van der Waals surface area contributed by atoms with E-state index in [0.717, 1.165) is 36.9 Å². The number of ether oxygens (including phenoxy) is 1. The number of esters is 1. The summed E-state index contributed by atoms with van der Waals surface area (Å²) in [6.07, 6.45) is 1.96. The zero-order valence-electron chi connectivity index (χ0n) is 11.0. The quantitative estimate of drug-likeness (QED) is 0.778. The molecule has 1 atom stereocenters. The van der Waals surface area contributed by atoms with E-state index in [9.17, 15) is 4.79 Å². The zero-order valence-corrected chi connectivity index (χ0v) is 11.0.